The summed E-state index contributed by atoms with van der Waals surface area (Å²) in [4.78, 5) is 10.6. The SMILES string of the molecule is c1ccc(-c2ccc(-c3ccc4c(c3)oc3cccc(C5=NC(c6ccc7ccccc7c6)NC(c6ccc7ccc(-c8ccccc8)cc7c6)=N5)c34)cc2)cc1. The number of benzene rings is 9. The van der Waals surface area contributed by atoms with Gasteiger partial charge in [-0.3, -0.25) is 0 Å². The van der Waals surface area contributed by atoms with Crippen molar-refractivity contribution in [2.45, 2.75) is 6.17 Å². The van der Waals surface area contributed by atoms with E-state index in [0.717, 1.165) is 61.0 Å². The van der Waals surface area contributed by atoms with E-state index in [4.69, 9.17) is 14.4 Å². The molecule has 1 aliphatic heterocycles. The number of rotatable bonds is 6. The monoisotopic (exact) mass is 729 g/mol. The van der Waals surface area contributed by atoms with Crippen molar-refractivity contribution in [3.8, 4) is 33.4 Å². The number of furan rings is 1. The molecule has 10 aromatic rings. The quantitative estimate of drug-likeness (QED) is 0.185. The summed E-state index contributed by atoms with van der Waals surface area (Å²) in [5, 5.41) is 10.5. The Hall–Kier alpha value is -7.56. The third kappa shape index (κ3) is 6.05. The van der Waals surface area contributed by atoms with Crippen LogP contribution in [0.1, 0.15) is 22.9 Å². The lowest BCUT2D eigenvalue weighted by molar-refractivity contribution is 0.668. The first-order valence-electron chi connectivity index (χ1n) is 19.3. The predicted octanol–water partition coefficient (Wildman–Crippen LogP) is 13.4. The van der Waals surface area contributed by atoms with Gasteiger partial charge in [0.05, 0.1) is 0 Å². The van der Waals surface area contributed by atoms with Crippen LogP contribution in [-0.2, 0) is 0 Å². The molecule has 1 atom stereocenters. The van der Waals surface area contributed by atoms with Gasteiger partial charge in [0.1, 0.15) is 23.2 Å². The standard InChI is InChI=1S/C53H35N3O/c1-3-10-34(11-4-1)37-18-20-38(21-19-37)42-28-29-46-49(33-42)57-48-17-9-16-47(50(46)48)53-55-51(43-26-23-36-14-7-8-15-40(36)30-43)54-52(56-53)44-27-24-39-22-25-41(31-45(39)32-44)35-12-5-2-6-13-35/h1-33,51H,(H,54,55,56). The Balaban J connectivity index is 1.02. The molecule has 1 aromatic heterocycles. The minimum absolute atomic E-state index is 0.359. The van der Waals surface area contributed by atoms with Crippen LogP contribution >= 0.6 is 0 Å². The number of fused-ring (bicyclic) bond motifs is 5. The van der Waals surface area contributed by atoms with Crippen LogP contribution in [0.3, 0.4) is 0 Å². The van der Waals surface area contributed by atoms with Gasteiger partial charge in [0.15, 0.2) is 5.84 Å². The van der Waals surface area contributed by atoms with Gasteiger partial charge in [-0.2, -0.15) is 0 Å². The second-order valence-electron chi connectivity index (χ2n) is 14.6. The molecule has 2 heterocycles. The third-order valence-electron chi connectivity index (χ3n) is 11.1. The van der Waals surface area contributed by atoms with Gasteiger partial charge in [-0.25, -0.2) is 9.98 Å². The molecule has 0 amide bonds. The average Bonchev–Trinajstić information content (AvgIpc) is 3.67. The van der Waals surface area contributed by atoms with Gasteiger partial charge in [0.2, 0.25) is 0 Å². The Morgan fingerprint density at radius 2 is 0.982 bits per heavy atom. The molecule has 0 aliphatic carbocycles. The zero-order valence-corrected chi connectivity index (χ0v) is 30.9. The van der Waals surface area contributed by atoms with Crippen LogP contribution in [-0.4, -0.2) is 11.7 Å². The summed E-state index contributed by atoms with van der Waals surface area (Å²) in [5.74, 6) is 1.44. The number of amidine groups is 2. The summed E-state index contributed by atoms with van der Waals surface area (Å²) in [6.07, 6.45) is -0.359. The summed E-state index contributed by atoms with van der Waals surface area (Å²) in [5.41, 5.74) is 11.6. The smallest absolute Gasteiger partial charge is 0.160 e. The van der Waals surface area contributed by atoms with Crippen LogP contribution in [0.2, 0.25) is 0 Å². The summed E-state index contributed by atoms with van der Waals surface area (Å²) >= 11 is 0. The van der Waals surface area contributed by atoms with E-state index < -0.39 is 0 Å². The van der Waals surface area contributed by atoms with E-state index in [-0.39, 0.29) is 6.17 Å². The minimum atomic E-state index is -0.359. The Bertz CT molecular complexity index is 3200. The maximum Gasteiger partial charge on any atom is 0.160 e. The van der Waals surface area contributed by atoms with Crippen molar-refractivity contribution in [2.75, 3.05) is 0 Å². The van der Waals surface area contributed by atoms with Crippen molar-refractivity contribution in [3.05, 3.63) is 217 Å². The maximum absolute atomic E-state index is 6.59. The van der Waals surface area contributed by atoms with Crippen LogP contribution in [0, 0.1) is 0 Å². The molecule has 0 saturated carbocycles. The largest absolute Gasteiger partial charge is 0.456 e. The van der Waals surface area contributed by atoms with Crippen LogP contribution in [0.15, 0.2) is 215 Å². The fourth-order valence-corrected chi connectivity index (χ4v) is 8.15. The van der Waals surface area contributed by atoms with Crippen molar-refractivity contribution in [2.24, 2.45) is 9.98 Å². The maximum atomic E-state index is 6.59. The van der Waals surface area contributed by atoms with Crippen molar-refractivity contribution in [1.29, 1.82) is 0 Å². The van der Waals surface area contributed by atoms with Gasteiger partial charge < -0.3 is 9.73 Å². The molecule has 1 N–H and O–H groups in total. The van der Waals surface area contributed by atoms with Gasteiger partial charge in [-0.1, -0.05) is 164 Å². The predicted molar refractivity (Wildman–Crippen MR) is 237 cm³/mol. The van der Waals surface area contributed by atoms with E-state index in [1.807, 2.05) is 18.2 Å². The molecule has 0 spiro atoms. The van der Waals surface area contributed by atoms with E-state index >= 15 is 0 Å². The Morgan fingerprint density at radius 3 is 1.77 bits per heavy atom. The van der Waals surface area contributed by atoms with E-state index in [1.165, 1.54) is 38.4 Å². The van der Waals surface area contributed by atoms with Crippen LogP contribution < -0.4 is 5.32 Å². The molecule has 0 radical (unpaired) electrons. The second-order valence-corrected chi connectivity index (χ2v) is 14.6. The first-order valence-corrected chi connectivity index (χ1v) is 19.3. The zero-order chi connectivity index (χ0) is 37.7. The third-order valence-corrected chi connectivity index (χ3v) is 11.1. The molecule has 4 nitrogen and oxygen atoms in total. The molecule has 0 bridgehead atoms. The summed E-state index contributed by atoms with van der Waals surface area (Å²) in [6, 6.07) is 70.6. The molecular formula is C53H35N3O. The minimum Gasteiger partial charge on any atom is -0.456 e. The number of nitrogens with zero attached hydrogens (tertiary/aromatic N) is 2. The van der Waals surface area contributed by atoms with Crippen molar-refractivity contribution < 1.29 is 4.42 Å². The molecule has 11 rings (SSSR count). The van der Waals surface area contributed by atoms with Gasteiger partial charge in [0, 0.05) is 21.9 Å². The van der Waals surface area contributed by atoms with Crippen molar-refractivity contribution >= 4 is 55.2 Å². The zero-order valence-electron chi connectivity index (χ0n) is 30.9. The molecule has 0 fully saturated rings. The molecule has 4 heteroatoms. The number of hydrogen-bond donors (Lipinski definition) is 1. The lowest BCUT2D eigenvalue weighted by Gasteiger charge is -2.24. The van der Waals surface area contributed by atoms with E-state index in [0.29, 0.717) is 5.84 Å². The van der Waals surface area contributed by atoms with E-state index in [2.05, 4.69) is 187 Å². The Labute approximate surface area is 330 Å². The van der Waals surface area contributed by atoms with Crippen LogP contribution in [0.5, 0.6) is 0 Å². The molecule has 0 saturated heterocycles. The molecule has 268 valence electrons. The van der Waals surface area contributed by atoms with Gasteiger partial charge >= 0.3 is 0 Å². The average molecular weight is 730 g/mol. The van der Waals surface area contributed by atoms with E-state index in [1.54, 1.807) is 0 Å². The number of aliphatic imine (C=N–C) groups is 2. The molecule has 1 aliphatic rings. The van der Waals surface area contributed by atoms with Crippen molar-refractivity contribution in [3.63, 3.8) is 0 Å². The molecular weight excluding hydrogens is 695 g/mol. The highest BCUT2D eigenvalue weighted by atomic mass is 16.3. The Kier molecular flexibility index (Phi) is 7.85. The second kappa shape index (κ2) is 13.6. The topological polar surface area (TPSA) is 49.9 Å². The lowest BCUT2D eigenvalue weighted by atomic mass is 9.98. The first-order chi connectivity index (χ1) is 28.2. The normalized spacial score (nSPS) is 14.1. The highest BCUT2D eigenvalue weighted by Gasteiger charge is 2.24. The summed E-state index contributed by atoms with van der Waals surface area (Å²) in [7, 11) is 0. The fourth-order valence-electron chi connectivity index (χ4n) is 8.15. The van der Waals surface area contributed by atoms with Crippen LogP contribution in [0.25, 0.3) is 76.9 Å². The van der Waals surface area contributed by atoms with E-state index in [9.17, 15) is 0 Å². The van der Waals surface area contributed by atoms with Gasteiger partial charge in [-0.15, -0.1) is 0 Å². The summed E-state index contributed by atoms with van der Waals surface area (Å²) in [6.45, 7) is 0. The van der Waals surface area contributed by atoms with Gasteiger partial charge in [0.25, 0.3) is 0 Å². The molecule has 9 aromatic carbocycles. The van der Waals surface area contributed by atoms with Crippen LogP contribution in [0.4, 0.5) is 0 Å². The molecule has 57 heavy (non-hydrogen) atoms. The number of nitrogens with one attached hydrogen (secondary N) is 1. The fraction of sp³-hybridized carbons (Fsp3) is 0.0189. The highest BCUT2D eigenvalue weighted by molar-refractivity contribution is 6.22. The van der Waals surface area contributed by atoms with Crippen molar-refractivity contribution in [1.82, 2.24) is 5.32 Å². The van der Waals surface area contributed by atoms with Gasteiger partial charge in [-0.05, 0) is 96.9 Å². The highest BCUT2D eigenvalue weighted by Crippen LogP contribution is 2.37. The summed E-state index contributed by atoms with van der Waals surface area (Å²) < 4.78 is 6.59. The molecule has 1 unspecified atom stereocenters. The lowest BCUT2D eigenvalue weighted by Crippen LogP contribution is -2.33. The first kappa shape index (κ1) is 32.8. The number of hydrogen-bond acceptors (Lipinski definition) is 4. The Morgan fingerprint density at radius 1 is 0.404 bits per heavy atom.